The second-order valence-electron chi connectivity index (χ2n) is 25.2. The molecule has 2 atom stereocenters. The van der Waals surface area contributed by atoms with E-state index in [9.17, 15) is 28.4 Å². The molecule has 2 unspecified atom stereocenters. The Bertz CT molecular complexity index is 4920. The minimum atomic E-state index is -0.619. The van der Waals surface area contributed by atoms with Crippen LogP contribution in [0.25, 0.3) is 28.4 Å². The lowest BCUT2D eigenvalue weighted by atomic mass is 9.98. The van der Waals surface area contributed by atoms with Crippen LogP contribution >= 0.6 is 23.2 Å². The zero-order chi connectivity index (χ0) is 70.8. The third-order valence-electron chi connectivity index (χ3n) is 16.0. The van der Waals surface area contributed by atoms with Crippen LogP contribution in [0.4, 0.5) is 4.39 Å². The van der Waals surface area contributed by atoms with Crippen LogP contribution in [0.2, 0.25) is 10.0 Å². The van der Waals surface area contributed by atoms with E-state index in [4.69, 9.17) is 67.9 Å². The molecule has 0 aliphatic carbocycles. The quantitative estimate of drug-likeness (QED) is 0.114. The van der Waals surface area contributed by atoms with Crippen LogP contribution in [0.1, 0.15) is 159 Å². The number of hydrogen-bond donors (Lipinski definition) is 0. The molecule has 5 aromatic heterocycles. The first-order valence-corrected chi connectivity index (χ1v) is 31.5. The molecular formula is C72H59Cl2FN14O10. The van der Waals surface area contributed by atoms with Gasteiger partial charge in [0.2, 0.25) is 0 Å². The van der Waals surface area contributed by atoms with Gasteiger partial charge in [0.05, 0.1) is 90.4 Å². The molecule has 0 fully saturated rings. The second-order valence-corrected chi connectivity index (χ2v) is 26.0. The Kier molecular flexibility index (Phi) is 19.1. The molecule has 0 saturated carbocycles. The highest BCUT2D eigenvalue weighted by Crippen LogP contribution is 2.34. The molecule has 0 spiro atoms. The number of nitrogens with zero attached hydrogens (tertiary/aromatic N) is 14. The van der Waals surface area contributed by atoms with E-state index in [2.05, 4.69) is 31.0 Å². The molecule has 0 amide bonds. The monoisotopic (exact) mass is 1370 g/mol. The first-order chi connectivity index (χ1) is 47.2. The summed E-state index contributed by atoms with van der Waals surface area (Å²) in [6.45, 7) is 14.8. The maximum absolute atomic E-state index is 14.1. The predicted molar refractivity (Wildman–Crippen MR) is 353 cm³/mol. The van der Waals surface area contributed by atoms with Gasteiger partial charge in [-0.1, -0.05) is 41.4 Å². The van der Waals surface area contributed by atoms with Gasteiger partial charge in [0.25, 0.3) is 0 Å². The third-order valence-corrected chi connectivity index (χ3v) is 16.6. The number of carbonyl (C=O) groups is 5. The summed E-state index contributed by atoms with van der Waals surface area (Å²) in [4.78, 5) is 81.7. The Morgan fingerprint density at radius 2 is 0.798 bits per heavy atom. The summed E-state index contributed by atoms with van der Waals surface area (Å²) in [6.07, 6.45) is 10.4. The number of benzene rings is 5. The van der Waals surface area contributed by atoms with Gasteiger partial charge in [-0.2, -0.15) is 21.0 Å². The van der Waals surface area contributed by atoms with Crippen LogP contribution in [0, 0.1) is 51.1 Å². The van der Waals surface area contributed by atoms with Crippen LogP contribution in [0.15, 0.2) is 141 Å². The lowest BCUT2D eigenvalue weighted by Gasteiger charge is -2.29. The average Bonchev–Trinajstić information content (AvgIpc) is 1.68. The Morgan fingerprint density at radius 1 is 0.424 bits per heavy atom. The Hall–Kier alpha value is -12.0. The Balaban J connectivity index is 0.000000125. The number of esters is 5. The lowest BCUT2D eigenvalue weighted by molar-refractivity contribution is -0.00916. The van der Waals surface area contributed by atoms with Crippen LogP contribution < -0.4 is 0 Å². The van der Waals surface area contributed by atoms with E-state index in [1.54, 1.807) is 118 Å². The van der Waals surface area contributed by atoms with Crippen LogP contribution in [0.5, 0.6) is 0 Å². The normalized spacial score (nSPS) is 16.7. The van der Waals surface area contributed by atoms with Crippen molar-refractivity contribution in [3.8, 4) is 52.7 Å². The summed E-state index contributed by atoms with van der Waals surface area (Å²) < 4.78 is 48.8. The van der Waals surface area contributed by atoms with E-state index in [-0.39, 0.29) is 41.1 Å². The Morgan fingerprint density at radius 3 is 1.23 bits per heavy atom. The molecule has 5 aromatic carbocycles. The highest BCUT2D eigenvalue weighted by atomic mass is 35.5. The van der Waals surface area contributed by atoms with Gasteiger partial charge < -0.3 is 23.7 Å². The van der Waals surface area contributed by atoms with Gasteiger partial charge >= 0.3 is 29.8 Å². The highest BCUT2D eigenvalue weighted by molar-refractivity contribution is 6.32. The van der Waals surface area contributed by atoms with E-state index in [0.717, 1.165) is 28.8 Å². The fourth-order valence-corrected chi connectivity index (χ4v) is 12.0. The number of ether oxygens (including phenoxy) is 5. The molecule has 27 heteroatoms. The lowest BCUT2D eigenvalue weighted by Crippen LogP contribution is -2.36. The van der Waals surface area contributed by atoms with Crippen LogP contribution in [-0.2, 0) is 55.8 Å². The topological polar surface area (TPSA) is 316 Å². The van der Waals surface area contributed by atoms with Crippen molar-refractivity contribution in [2.75, 3.05) is 0 Å². The number of nitriles is 4. The number of imidazole rings is 5. The molecule has 498 valence electrons. The minimum absolute atomic E-state index is 0.135. The smallest absolute Gasteiger partial charge is 0.357 e. The fraction of sp³-hybridized carbons (Fsp3) is 0.250. The number of cyclic esters (lactones) is 5. The molecule has 0 radical (unpaired) electrons. The van der Waals surface area contributed by atoms with Crippen LogP contribution in [0.3, 0.4) is 0 Å². The third kappa shape index (κ3) is 14.6. The molecule has 10 heterocycles. The van der Waals surface area contributed by atoms with E-state index in [1.165, 1.54) is 23.0 Å². The van der Waals surface area contributed by atoms with E-state index in [0.29, 0.717) is 110 Å². The molecule has 0 bridgehead atoms. The number of carbonyl (C=O) groups excluding carboxylic acids is 5. The average molecular weight is 1370 g/mol. The molecule has 15 rings (SSSR count). The molecule has 10 aromatic rings. The largest absolute Gasteiger partial charge is 0.458 e. The first-order valence-electron chi connectivity index (χ1n) is 30.8. The van der Waals surface area contributed by atoms with Gasteiger partial charge in [-0.15, -0.1) is 0 Å². The number of aromatic nitrogens is 10. The Labute approximate surface area is 576 Å². The zero-order valence-electron chi connectivity index (χ0n) is 54.4. The van der Waals surface area contributed by atoms with Gasteiger partial charge in [-0.3, -0.25) is 22.8 Å². The van der Waals surface area contributed by atoms with Gasteiger partial charge in [0.15, 0.2) is 28.5 Å². The number of hydrogen-bond acceptors (Lipinski definition) is 19. The van der Waals surface area contributed by atoms with Crippen molar-refractivity contribution in [3.05, 3.63) is 236 Å². The molecule has 24 nitrogen and oxygen atoms in total. The molecule has 5 aliphatic heterocycles. The minimum Gasteiger partial charge on any atom is -0.458 e. The summed E-state index contributed by atoms with van der Waals surface area (Å²) in [5.41, 5.74) is 8.76. The molecule has 0 saturated heterocycles. The maximum atomic E-state index is 14.1. The second kappa shape index (κ2) is 27.6. The van der Waals surface area contributed by atoms with Gasteiger partial charge in [0, 0.05) is 49.2 Å². The summed E-state index contributed by atoms with van der Waals surface area (Å²) in [5, 5.41) is 36.0. The summed E-state index contributed by atoms with van der Waals surface area (Å²) in [5.74, 6) is -2.58. The number of rotatable bonds is 5. The predicted octanol–water partition coefficient (Wildman–Crippen LogP) is 12.0. The standard InChI is InChI=1S/C15H12ClN3O2.C15H12FN3O2.C14H10ClN3O2.C14H11N3O2.C14H14N2O2/c2*1-15(2)6-11-13(14(20)21-15)19(8-18-11)12-4-3-9(7-17)5-10(12)16;1-8-4-12-13(14(19)20-8)18(7-17-12)10-3-2-9(6-16)11(15)5-10;1-9-6-12-13(14(18)19-9)17(8-16-12)11-4-2-10(7-15)3-5-11;1-14(2)8-11-12(13(17)18-14)16(9-15-11)10-6-4-3-5-7-10/h2*3-5,8H,6H2,1-2H3;2-3,5,7-8H,4H2,1H3;2-5,8-9H,6H2,1H3;3-7,9H,8H2,1-2H3. The van der Waals surface area contributed by atoms with Gasteiger partial charge in [-0.05, 0) is 146 Å². The summed E-state index contributed by atoms with van der Waals surface area (Å²) in [7, 11) is 0. The molecule has 99 heavy (non-hydrogen) atoms. The van der Waals surface area contributed by atoms with Crippen molar-refractivity contribution >= 4 is 53.0 Å². The first kappa shape index (κ1) is 68.4. The van der Waals surface area contributed by atoms with Crippen molar-refractivity contribution in [2.24, 2.45) is 0 Å². The van der Waals surface area contributed by atoms with Crippen molar-refractivity contribution in [1.29, 1.82) is 21.0 Å². The number of halogens is 3. The molecule has 0 N–H and O–H groups in total. The van der Waals surface area contributed by atoms with E-state index in [1.807, 2.05) is 90.1 Å². The summed E-state index contributed by atoms with van der Waals surface area (Å²) >= 11 is 12.2. The van der Waals surface area contributed by atoms with E-state index < -0.39 is 40.5 Å². The highest BCUT2D eigenvalue weighted by Gasteiger charge is 2.40. The number of para-hydroxylation sites is 1. The SMILES string of the molecule is CC1(C)Cc2ncn(-c3ccc(C#N)cc3Cl)c2C(=O)O1.CC1(C)Cc2ncn(-c3ccc(C#N)cc3F)c2C(=O)O1.CC1(C)Cc2ncn(-c3ccccc3)c2C(=O)O1.CC1Cc2ncn(-c3ccc(C#N)c(Cl)c3)c2C(=O)O1.CC1Cc2ncn(-c3ccc(C#N)cc3)c2C(=O)O1. The summed E-state index contributed by atoms with van der Waals surface area (Å²) in [6, 6.07) is 38.5. The van der Waals surface area contributed by atoms with E-state index >= 15 is 0 Å². The maximum Gasteiger partial charge on any atom is 0.357 e. The van der Waals surface area contributed by atoms with Crippen LogP contribution in [-0.4, -0.2) is 107 Å². The molecular weight excluding hydrogens is 1310 g/mol. The van der Waals surface area contributed by atoms with Crippen molar-refractivity contribution < 1.29 is 52.0 Å². The fourth-order valence-electron chi connectivity index (χ4n) is 11.5. The molecule has 5 aliphatic rings. The van der Waals surface area contributed by atoms with Crippen molar-refractivity contribution in [2.45, 2.75) is 117 Å². The van der Waals surface area contributed by atoms with Crippen molar-refractivity contribution in [1.82, 2.24) is 47.8 Å². The van der Waals surface area contributed by atoms with Crippen molar-refractivity contribution in [3.63, 3.8) is 0 Å². The zero-order valence-corrected chi connectivity index (χ0v) is 56.0. The van der Waals surface area contributed by atoms with Gasteiger partial charge in [-0.25, -0.2) is 53.3 Å². The van der Waals surface area contributed by atoms with Gasteiger partial charge in [0.1, 0.15) is 72.5 Å². The number of fused-ring (bicyclic) bond motifs is 5.